The molecule has 196 valence electrons. The average Bonchev–Trinajstić information content (AvgIpc) is 2.86. The van der Waals surface area contributed by atoms with Crippen LogP contribution in [-0.4, -0.2) is 30.6 Å². The van der Waals surface area contributed by atoms with Crippen LogP contribution in [0.25, 0.3) is 0 Å². The smallest absolute Gasteiger partial charge is 0.227 e. The number of nitrogens with one attached hydrogen (secondary N) is 2. The summed E-state index contributed by atoms with van der Waals surface area (Å²) in [5, 5.41) is 14.9. The molecule has 3 aromatic rings. The average molecular weight is 543 g/mol. The highest BCUT2D eigenvalue weighted by Gasteiger charge is 2.26. The first kappa shape index (κ1) is 28.2. The molecule has 3 rings (SSSR count). The molecular weight excluding hydrogens is 512 g/mol. The maximum Gasteiger partial charge on any atom is 0.227 e. The summed E-state index contributed by atoms with van der Waals surface area (Å²) in [7, 11) is -3.71. The first-order chi connectivity index (χ1) is 17.5. The van der Waals surface area contributed by atoms with E-state index < -0.39 is 21.0 Å². The molecule has 2 amide bonds. The molecule has 3 N–H and O–H groups in total. The number of carbonyl (C=O) groups excluding carboxylic acids is 2. The number of hydrogen-bond donors (Lipinski definition) is 3. The number of phenols is 1. The zero-order valence-electron chi connectivity index (χ0n) is 21.0. The predicted octanol–water partition coefficient (Wildman–Crippen LogP) is 5.75. The van der Waals surface area contributed by atoms with Crippen molar-refractivity contribution in [2.75, 3.05) is 10.6 Å². The van der Waals surface area contributed by atoms with E-state index in [9.17, 15) is 23.1 Å². The number of rotatable bonds is 10. The van der Waals surface area contributed by atoms with Gasteiger partial charge in [-0.2, -0.15) is 0 Å². The summed E-state index contributed by atoms with van der Waals surface area (Å²) in [5.41, 5.74) is 2.19. The molecule has 7 nitrogen and oxygen atoms in total. The summed E-state index contributed by atoms with van der Waals surface area (Å²) in [6.45, 7) is 5.24. The van der Waals surface area contributed by atoms with Crippen molar-refractivity contribution in [1.29, 1.82) is 0 Å². The van der Waals surface area contributed by atoms with Gasteiger partial charge in [0.1, 0.15) is 5.75 Å². The van der Waals surface area contributed by atoms with Crippen LogP contribution in [0.2, 0.25) is 5.02 Å². The second kappa shape index (κ2) is 12.3. The summed E-state index contributed by atoms with van der Waals surface area (Å²) in [6.07, 6.45) is 0.853. The zero-order valence-corrected chi connectivity index (χ0v) is 22.6. The topological polar surface area (TPSA) is 113 Å². The van der Waals surface area contributed by atoms with E-state index in [1.807, 2.05) is 44.2 Å². The highest BCUT2D eigenvalue weighted by molar-refractivity contribution is 7.92. The van der Waals surface area contributed by atoms with Crippen molar-refractivity contribution >= 4 is 44.6 Å². The molecule has 0 bridgehead atoms. The number of halogens is 1. The lowest BCUT2D eigenvalue weighted by Gasteiger charge is -2.17. The van der Waals surface area contributed by atoms with Crippen molar-refractivity contribution in [1.82, 2.24) is 0 Å². The molecule has 0 fully saturated rings. The largest absolute Gasteiger partial charge is 0.506 e. The van der Waals surface area contributed by atoms with Crippen LogP contribution in [0.5, 0.6) is 5.75 Å². The SMILES string of the molecule is CCC(Cc1ccccc1)C(=O)Nc1cc(Cl)c(NC(=O)CC(C)S(=O)(=O)c2ccc(C)cc2)cc1O. The fraction of sp³-hybridized carbons (Fsp3) is 0.286. The van der Waals surface area contributed by atoms with Crippen molar-refractivity contribution in [3.05, 3.63) is 82.9 Å². The third-order valence-corrected chi connectivity index (χ3v) is 8.63. The van der Waals surface area contributed by atoms with Gasteiger partial charge in [-0.1, -0.05) is 66.6 Å². The number of sulfone groups is 1. The molecule has 3 aromatic carbocycles. The Morgan fingerprint density at radius 3 is 2.24 bits per heavy atom. The molecule has 0 aromatic heterocycles. The molecule has 0 heterocycles. The molecule has 2 atom stereocenters. The van der Waals surface area contributed by atoms with E-state index in [0.29, 0.717) is 12.8 Å². The Bertz CT molecular complexity index is 1360. The van der Waals surface area contributed by atoms with Crippen molar-refractivity contribution in [2.24, 2.45) is 5.92 Å². The predicted molar refractivity (Wildman–Crippen MR) is 147 cm³/mol. The number of hydrogen-bond acceptors (Lipinski definition) is 5. The second-order valence-electron chi connectivity index (χ2n) is 9.05. The van der Waals surface area contributed by atoms with Gasteiger partial charge in [0, 0.05) is 18.4 Å². The van der Waals surface area contributed by atoms with Crippen LogP contribution in [-0.2, 0) is 25.8 Å². The van der Waals surface area contributed by atoms with Crippen molar-refractivity contribution < 1.29 is 23.1 Å². The summed E-state index contributed by atoms with van der Waals surface area (Å²) >= 11 is 6.31. The van der Waals surface area contributed by atoms with Crippen LogP contribution >= 0.6 is 11.6 Å². The van der Waals surface area contributed by atoms with E-state index in [1.54, 1.807) is 12.1 Å². The Labute approximate surface area is 222 Å². The first-order valence-electron chi connectivity index (χ1n) is 12.0. The number of phenolic OH excluding ortho intramolecular Hbond substituents is 1. The van der Waals surface area contributed by atoms with Crippen LogP contribution in [0.1, 0.15) is 37.8 Å². The minimum Gasteiger partial charge on any atom is -0.506 e. The summed E-state index contributed by atoms with van der Waals surface area (Å²) in [4.78, 5) is 25.6. The molecule has 2 unspecified atom stereocenters. The summed E-state index contributed by atoms with van der Waals surface area (Å²) in [6, 6.07) is 18.7. The lowest BCUT2D eigenvalue weighted by molar-refractivity contribution is -0.120. The number of aromatic hydroxyl groups is 1. The number of amides is 2. The Hall–Kier alpha value is -3.36. The van der Waals surface area contributed by atoms with Gasteiger partial charge in [-0.15, -0.1) is 0 Å². The van der Waals surface area contributed by atoms with Crippen LogP contribution < -0.4 is 10.6 Å². The third kappa shape index (κ3) is 7.33. The van der Waals surface area contributed by atoms with Gasteiger partial charge in [-0.05, 0) is 50.5 Å². The highest BCUT2D eigenvalue weighted by Crippen LogP contribution is 2.34. The van der Waals surface area contributed by atoms with Gasteiger partial charge >= 0.3 is 0 Å². The molecule has 0 aliphatic heterocycles. The fourth-order valence-electron chi connectivity index (χ4n) is 3.85. The number of benzene rings is 3. The van der Waals surface area contributed by atoms with Gasteiger partial charge in [0.25, 0.3) is 0 Å². The summed E-state index contributed by atoms with van der Waals surface area (Å²) < 4.78 is 25.6. The van der Waals surface area contributed by atoms with E-state index in [-0.39, 0.29) is 45.3 Å². The Kier molecular flexibility index (Phi) is 9.34. The molecule has 0 spiro atoms. The maximum absolute atomic E-state index is 12.8. The zero-order chi connectivity index (χ0) is 27.2. The Morgan fingerprint density at radius 1 is 0.973 bits per heavy atom. The number of carbonyl (C=O) groups is 2. The van der Waals surface area contributed by atoms with Crippen molar-refractivity contribution in [3.8, 4) is 5.75 Å². The second-order valence-corrected chi connectivity index (χ2v) is 11.8. The molecule has 0 radical (unpaired) electrons. The molecule has 0 aliphatic rings. The van der Waals surface area contributed by atoms with E-state index >= 15 is 0 Å². The van der Waals surface area contributed by atoms with E-state index in [4.69, 9.17) is 11.6 Å². The molecule has 9 heteroatoms. The Balaban J connectivity index is 1.66. The van der Waals surface area contributed by atoms with E-state index in [0.717, 1.165) is 11.1 Å². The lowest BCUT2D eigenvalue weighted by atomic mass is 9.96. The van der Waals surface area contributed by atoms with E-state index in [2.05, 4.69) is 10.6 Å². The maximum atomic E-state index is 12.8. The molecule has 37 heavy (non-hydrogen) atoms. The van der Waals surface area contributed by atoms with Crippen LogP contribution in [0.4, 0.5) is 11.4 Å². The molecule has 0 saturated carbocycles. The lowest BCUT2D eigenvalue weighted by Crippen LogP contribution is -2.25. The molecule has 0 aliphatic carbocycles. The van der Waals surface area contributed by atoms with Crippen LogP contribution in [0, 0.1) is 12.8 Å². The normalized spacial score (nSPS) is 13.0. The Morgan fingerprint density at radius 2 is 1.62 bits per heavy atom. The highest BCUT2D eigenvalue weighted by atomic mass is 35.5. The van der Waals surface area contributed by atoms with Crippen molar-refractivity contribution in [3.63, 3.8) is 0 Å². The van der Waals surface area contributed by atoms with Gasteiger partial charge in [0.05, 0.1) is 26.5 Å². The standard InChI is InChI=1S/C28H31ClN2O5S/c1-4-21(15-20-8-6-5-7-9-20)28(34)31-25-16-23(29)24(17-26(25)32)30-27(33)14-19(3)37(35,36)22-12-10-18(2)11-13-22/h5-13,16-17,19,21,32H,4,14-15H2,1-3H3,(H,30,33)(H,31,34). The fourth-order valence-corrected chi connectivity index (χ4v) is 5.41. The molecular formula is C28H31ClN2O5S. The van der Waals surface area contributed by atoms with Gasteiger partial charge in [-0.25, -0.2) is 8.42 Å². The monoisotopic (exact) mass is 542 g/mol. The minimum atomic E-state index is -3.71. The van der Waals surface area contributed by atoms with Crippen molar-refractivity contribution in [2.45, 2.75) is 50.2 Å². The summed E-state index contributed by atoms with van der Waals surface area (Å²) in [5.74, 6) is -1.42. The van der Waals surface area contributed by atoms with Gasteiger partial charge in [0.2, 0.25) is 11.8 Å². The third-order valence-electron chi connectivity index (χ3n) is 6.16. The minimum absolute atomic E-state index is 0.0894. The van der Waals surface area contributed by atoms with Gasteiger partial charge < -0.3 is 15.7 Å². The molecule has 0 saturated heterocycles. The van der Waals surface area contributed by atoms with Gasteiger partial charge in [0.15, 0.2) is 9.84 Å². The van der Waals surface area contributed by atoms with Gasteiger partial charge in [-0.3, -0.25) is 9.59 Å². The van der Waals surface area contributed by atoms with E-state index in [1.165, 1.54) is 31.2 Å². The van der Waals surface area contributed by atoms with Crippen LogP contribution in [0.3, 0.4) is 0 Å². The number of anilines is 2. The quantitative estimate of drug-likeness (QED) is 0.282. The first-order valence-corrected chi connectivity index (χ1v) is 13.9. The van der Waals surface area contributed by atoms with Crippen LogP contribution in [0.15, 0.2) is 71.6 Å². The number of aryl methyl sites for hydroxylation is 1.